The lowest BCUT2D eigenvalue weighted by atomic mass is 9.76. The summed E-state index contributed by atoms with van der Waals surface area (Å²) in [7, 11) is 0. The van der Waals surface area contributed by atoms with Crippen LogP contribution in [0.25, 0.3) is 0 Å². The van der Waals surface area contributed by atoms with Crippen LogP contribution in [0.15, 0.2) is 12.2 Å². The molecule has 8 heteroatoms. The molecule has 0 saturated heterocycles. The van der Waals surface area contributed by atoms with Crippen molar-refractivity contribution in [2.24, 2.45) is 5.41 Å². The molecule has 0 aromatic heterocycles. The number of hydrogen-bond acceptors (Lipinski definition) is 1. The molecule has 1 N–H and O–H groups in total. The Morgan fingerprint density at radius 2 is 1.10 bits per heavy atom. The highest BCUT2D eigenvalue weighted by Crippen LogP contribution is 2.45. The molecule has 178 valence electrons. The largest absolute Gasteiger partial charge is 0.481 e. The Morgan fingerprint density at radius 1 is 0.700 bits per heavy atom. The Morgan fingerprint density at radius 3 is 1.50 bits per heavy atom. The summed E-state index contributed by atoms with van der Waals surface area (Å²) >= 11 is 0. The molecule has 0 fully saturated rings. The highest BCUT2D eigenvalue weighted by Gasteiger charge is 2.53. The summed E-state index contributed by atoms with van der Waals surface area (Å²) < 4.78 is 76.4. The predicted octanol–water partition coefficient (Wildman–Crippen LogP) is 8.61. The van der Waals surface area contributed by atoms with Crippen molar-refractivity contribution in [1.82, 2.24) is 0 Å². The van der Waals surface area contributed by atoms with Crippen molar-refractivity contribution in [2.45, 2.75) is 116 Å². The van der Waals surface area contributed by atoms with Crippen LogP contribution in [-0.4, -0.2) is 23.4 Å². The molecule has 0 bridgehead atoms. The molecule has 0 saturated carbocycles. The van der Waals surface area contributed by atoms with Crippen molar-refractivity contribution < 1.29 is 36.2 Å². The Balaban J connectivity index is 4.17. The zero-order chi connectivity index (χ0) is 23.1. The van der Waals surface area contributed by atoms with Crippen LogP contribution in [-0.2, 0) is 4.79 Å². The minimum atomic E-state index is -4.97. The number of carbonyl (C=O) groups is 1. The van der Waals surface area contributed by atoms with Gasteiger partial charge in [-0.2, -0.15) is 26.3 Å². The summed E-state index contributed by atoms with van der Waals surface area (Å²) in [5.41, 5.74) is -2.83. The number of rotatable bonds is 17. The summed E-state index contributed by atoms with van der Waals surface area (Å²) in [6, 6.07) is 0. The fraction of sp³-hybridized carbons (Fsp3) is 0.864. The SMILES string of the molecule is CCCCCC/C=C/CCCCCCCCC(CC(F)(F)F)(CC(F)(F)F)C(=O)O. The van der Waals surface area contributed by atoms with E-state index in [-0.39, 0.29) is 6.42 Å². The maximum absolute atomic E-state index is 12.7. The molecule has 0 aliphatic heterocycles. The average molecular weight is 447 g/mol. The second kappa shape index (κ2) is 14.7. The van der Waals surface area contributed by atoms with Crippen LogP contribution in [0, 0.1) is 5.41 Å². The second-order valence-corrected chi connectivity index (χ2v) is 8.15. The first-order valence-electron chi connectivity index (χ1n) is 10.9. The highest BCUT2D eigenvalue weighted by atomic mass is 19.4. The van der Waals surface area contributed by atoms with Crippen LogP contribution in [0.2, 0.25) is 0 Å². The summed E-state index contributed by atoms with van der Waals surface area (Å²) in [6.45, 7) is 2.17. The Kier molecular flexibility index (Phi) is 14.1. The van der Waals surface area contributed by atoms with Crippen molar-refractivity contribution in [3.63, 3.8) is 0 Å². The maximum Gasteiger partial charge on any atom is 0.390 e. The third kappa shape index (κ3) is 15.6. The van der Waals surface area contributed by atoms with Crippen molar-refractivity contribution in [2.75, 3.05) is 0 Å². The van der Waals surface area contributed by atoms with Gasteiger partial charge < -0.3 is 5.11 Å². The van der Waals surface area contributed by atoms with Crippen molar-refractivity contribution in [3.05, 3.63) is 12.2 Å². The van der Waals surface area contributed by atoms with E-state index in [1.54, 1.807) is 0 Å². The molecule has 0 radical (unpaired) electrons. The first-order valence-corrected chi connectivity index (χ1v) is 10.9. The lowest BCUT2D eigenvalue weighted by Gasteiger charge is -2.31. The van der Waals surface area contributed by atoms with E-state index >= 15 is 0 Å². The van der Waals surface area contributed by atoms with E-state index in [1.165, 1.54) is 25.7 Å². The van der Waals surface area contributed by atoms with Crippen LogP contribution >= 0.6 is 0 Å². The number of hydrogen-bond donors (Lipinski definition) is 1. The molecule has 0 amide bonds. The van der Waals surface area contributed by atoms with Gasteiger partial charge in [-0.25, -0.2) is 0 Å². The second-order valence-electron chi connectivity index (χ2n) is 8.15. The number of allylic oxidation sites excluding steroid dienone is 2. The number of alkyl halides is 6. The molecular formula is C22H36F6O2. The maximum atomic E-state index is 12.7. The van der Waals surface area contributed by atoms with Gasteiger partial charge in [0.25, 0.3) is 0 Å². The topological polar surface area (TPSA) is 37.3 Å². The quantitative estimate of drug-likeness (QED) is 0.138. The molecule has 0 aromatic carbocycles. The average Bonchev–Trinajstić information content (AvgIpc) is 2.59. The fourth-order valence-corrected chi connectivity index (χ4v) is 3.62. The molecule has 2 nitrogen and oxygen atoms in total. The smallest absolute Gasteiger partial charge is 0.390 e. The Hall–Kier alpha value is -1.21. The first-order chi connectivity index (χ1) is 13.9. The van der Waals surface area contributed by atoms with Gasteiger partial charge in [-0.1, -0.05) is 70.4 Å². The Labute approximate surface area is 176 Å². The molecule has 0 aliphatic rings. The normalized spacial score (nSPS) is 13.3. The van der Waals surface area contributed by atoms with Crippen LogP contribution in [0.1, 0.15) is 103 Å². The van der Waals surface area contributed by atoms with Crippen molar-refractivity contribution in [3.8, 4) is 0 Å². The van der Waals surface area contributed by atoms with E-state index in [9.17, 15) is 31.1 Å². The van der Waals surface area contributed by atoms with Gasteiger partial charge in [0, 0.05) is 0 Å². The minimum absolute atomic E-state index is 0.0378. The molecular weight excluding hydrogens is 410 g/mol. The fourth-order valence-electron chi connectivity index (χ4n) is 3.62. The highest BCUT2D eigenvalue weighted by molar-refractivity contribution is 5.74. The van der Waals surface area contributed by atoms with Gasteiger partial charge in [-0.3, -0.25) is 4.79 Å². The van der Waals surface area contributed by atoms with E-state index in [2.05, 4.69) is 19.1 Å². The van der Waals surface area contributed by atoms with Gasteiger partial charge >= 0.3 is 18.3 Å². The monoisotopic (exact) mass is 446 g/mol. The lowest BCUT2D eigenvalue weighted by molar-refractivity contribution is -0.208. The molecule has 0 heterocycles. The number of carboxylic acids is 1. The van der Waals surface area contributed by atoms with Crippen molar-refractivity contribution >= 4 is 5.97 Å². The molecule has 0 unspecified atom stereocenters. The van der Waals surface area contributed by atoms with E-state index < -0.39 is 43.0 Å². The molecule has 0 atom stereocenters. The van der Waals surface area contributed by atoms with Gasteiger partial charge in [-0.15, -0.1) is 0 Å². The minimum Gasteiger partial charge on any atom is -0.481 e. The van der Waals surface area contributed by atoms with Gasteiger partial charge in [0.05, 0.1) is 18.3 Å². The van der Waals surface area contributed by atoms with Gasteiger partial charge in [0.1, 0.15) is 0 Å². The zero-order valence-electron chi connectivity index (χ0n) is 17.9. The van der Waals surface area contributed by atoms with E-state index in [0.717, 1.165) is 32.1 Å². The standard InChI is InChI=1S/C22H36F6O2/c1-2-3-4-5-6-7-8-9-10-11-12-13-14-15-16-20(19(29)30,17-21(23,24)25)18-22(26,27)28/h7-8H,2-6,9-18H2,1H3,(H,29,30)/b8-7+. The molecule has 30 heavy (non-hydrogen) atoms. The molecule has 0 aliphatic carbocycles. The van der Waals surface area contributed by atoms with E-state index in [0.29, 0.717) is 12.8 Å². The van der Waals surface area contributed by atoms with Crippen molar-refractivity contribution in [1.29, 1.82) is 0 Å². The van der Waals surface area contributed by atoms with Crippen LogP contribution in [0.4, 0.5) is 26.3 Å². The van der Waals surface area contributed by atoms with Gasteiger partial charge in [0.2, 0.25) is 0 Å². The third-order valence-electron chi connectivity index (χ3n) is 5.20. The van der Waals surface area contributed by atoms with Crippen LogP contribution in [0.3, 0.4) is 0 Å². The van der Waals surface area contributed by atoms with E-state index in [4.69, 9.17) is 5.11 Å². The summed E-state index contributed by atoms with van der Waals surface area (Å²) in [5, 5.41) is 9.15. The Bertz CT molecular complexity index is 467. The van der Waals surface area contributed by atoms with Crippen LogP contribution < -0.4 is 0 Å². The summed E-state index contributed by atoms with van der Waals surface area (Å²) in [4.78, 5) is 11.3. The number of halogens is 6. The van der Waals surface area contributed by atoms with Gasteiger partial charge in [0.15, 0.2) is 0 Å². The van der Waals surface area contributed by atoms with Gasteiger partial charge in [-0.05, 0) is 32.1 Å². The lowest BCUT2D eigenvalue weighted by Crippen LogP contribution is -2.40. The molecule has 0 spiro atoms. The number of carboxylic acid groups (broad SMARTS) is 1. The summed E-state index contributed by atoms with van der Waals surface area (Å²) in [5.74, 6) is -2.03. The summed E-state index contributed by atoms with van der Waals surface area (Å²) in [6.07, 6.45) is 0.744. The predicted molar refractivity (Wildman–Crippen MR) is 106 cm³/mol. The van der Waals surface area contributed by atoms with Crippen LogP contribution in [0.5, 0.6) is 0 Å². The third-order valence-corrected chi connectivity index (χ3v) is 5.20. The van der Waals surface area contributed by atoms with E-state index in [1.807, 2.05) is 0 Å². The zero-order valence-corrected chi connectivity index (χ0v) is 17.9. The molecule has 0 rings (SSSR count). The first kappa shape index (κ1) is 28.8. The molecule has 0 aromatic rings. The number of aliphatic carboxylic acids is 1. The number of unbranched alkanes of at least 4 members (excludes halogenated alkanes) is 10.